The van der Waals surface area contributed by atoms with Crippen molar-refractivity contribution in [1.82, 2.24) is 4.98 Å². The van der Waals surface area contributed by atoms with Crippen LogP contribution in [-0.2, 0) is 12.8 Å². The minimum Gasteiger partial charge on any atom is -0.323 e. The number of aromatic nitrogens is 1. The first kappa shape index (κ1) is 21.9. The minimum atomic E-state index is 0.257. The van der Waals surface area contributed by atoms with Gasteiger partial charge in [-0.3, -0.25) is 9.98 Å². The molecule has 32 heavy (non-hydrogen) atoms. The number of aryl methyl sites for hydroxylation is 2. The van der Waals surface area contributed by atoms with Crippen LogP contribution in [0.1, 0.15) is 50.2 Å². The third-order valence-electron chi connectivity index (χ3n) is 6.04. The average Bonchev–Trinajstić information content (AvgIpc) is 3.29. The Kier molecular flexibility index (Phi) is 6.79. The van der Waals surface area contributed by atoms with E-state index in [9.17, 15) is 0 Å². The second-order valence-corrected chi connectivity index (χ2v) is 8.55. The molecule has 0 amide bonds. The van der Waals surface area contributed by atoms with Gasteiger partial charge >= 0.3 is 0 Å². The van der Waals surface area contributed by atoms with Gasteiger partial charge in [0.25, 0.3) is 0 Å². The highest BCUT2D eigenvalue weighted by Crippen LogP contribution is 2.27. The Balaban J connectivity index is 1.68. The van der Waals surface area contributed by atoms with Gasteiger partial charge in [-0.25, -0.2) is 4.98 Å². The molecule has 1 aliphatic heterocycles. The first-order chi connectivity index (χ1) is 15.6. The second kappa shape index (κ2) is 9.90. The van der Waals surface area contributed by atoms with E-state index in [1.54, 1.807) is 0 Å². The van der Waals surface area contributed by atoms with Gasteiger partial charge in [-0.05, 0) is 54.2 Å². The third kappa shape index (κ3) is 4.64. The molecule has 3 aromatic rings. The molecule has 1 aliphatic rings. The summed E-state index contributed by atoms with van der Waals surface area (Å²) < 4.78 is 0. The SMILES string of the molecule is CCc1cccc(CC)c1N=Cc1cccc(C2=N[C@@H](C(C)C)CN2c2ccccc2)n1. The highest BCUT2D eigenvalue weighted by atomic mass is 15.3. The van der Waals surface area contributed by atoms with Crippen LogP contribution < -0.4 is 4.90 Å². The van der Waals surface area contributed by atoms with Crippen molar-refractivity contribution in [2.45, 2.75) is 46.6 Å². The Morgan fingerprint density at radius 3 is 2.28 bits per heavy atom. The molecule has 4 heteroatoms. The van der Waals surface area contributed by atoms with E-state index in [-0.39, 0.29) is 6.04 Å². The summed E-state index contributed by atoms with van der Waals surface area (Å²) >= 11 is 0. The Bertz CT molecular complexity index is 1090. The lowest BCUT2D eigenvalue weighted by molar-refractivity contribution is 0.521. The van der Waals surface area contributed by atoms with Crippen molar-refractivity contribution in [2.24, 2.45) is 15.9 Å². The van der Waals surface area contributed by atoms with E-state index in [0.29, 0.717) is 5.92 Å². The van der Waals surface area contributed by atoms with Gasteiger partial charge in [-0.2, -0.15) is 0 Å². The van der Waals surface area contributed by atoms with Crippen LogP contribution in [-0.4, -0.2) is 29.6 Å². The molecule has 1 aromatic heterocycles. The Hall–Kier alpha value is -3.27. The summed E-state index contributed by atoms with van der Waals surface area (Å²) in [5, 5.41) is 0. The number of hydrogen-bond acceptors (Lipinski definition) is 4. The maximum absolute atomic E-state index is 5.07. The number of anilines is 1. The molecule has 0 aliphatic carbocycles. The minimum absolute atomic E-state index is 0.257. The number of hydrogen-bond donors (Lipinski definition) is 0. The first-order valence-corrected chi connectivity index (χ1v) is 11.6. The summed E-state index contributed by atoms with van der Waals surface area (Å²) in [5.74, 6) is 1.41. The lowest BCUT2D eigenvalue weighted by Crippen LogP contribution is -2.31. The molecule has 1 atom stereocenters. The molecule has 0 saturated carbocycles. The van der Waals surface area contributed by atoms with Crippen LogP contribution in [0.4, 0.5) is 11.4 Å². The van der Waals surface area contributed by atoms with E-state index in [1.165, 1.54) is 11.1 Å². The van der Waals surface area contributed by atoms with Gasteiger partial charge in [0.15, 0.2) is 5.84 Å². The summed E-state index contributed by atoms with van der Waals surface area (Å²) in [6.45, 7) is 9.68. The van der Waals surface area contributed by atoms with Gasteiger partial charge in [0.2, 0.25) is 0 Å². The zero-order valence-corrected chi connectivity index (χ0v) is 19.5. The molecule has 0 unspecified atom stereocenters. The van der Waals surface area contributed by atoms with Gasteiger partial charge in [0.05, 0.1) is 23.6 Å². The van der Waals surface area contributed by atoms with Crippen LogP contribution in [0.2, 0.25) is 0 Å². The number of para-hydroxylation sites is 2. The van der Waals surface area contributed by atoms with Crippen LogP contribution in [0.15, 0.2) is 76.7 Å². The van der Waals surface area contributed by atoms with E-state index < -0.39 is 0 Å². The van der Waals surface area contributed by atoms with E-state index in [2.05, 4.69) is 75.1 Å². The van der Waals surface area contributed by atoms with Crippen molar-refractivity contribution < 1.29 is 0 Å². The van der Waals surface area contributed by atoms with Crippen LogP contribution in [0.25, 0.3) is 0 Å². The van der Waals surface area contributed by atoms with Crippen LogP contribution in [0.5, 0.6) is 0 Å². The zero-order chi connectivity index (χ0) is 22.5. The van der Waals surface area contributed by atoms with Crippen molar-refractivity contribution in [3.05, 3.63) is 89.2 Å². The maximum Gasteiger partial charge on any atom is 0.154 e. The van der Waals surface area contributed by atoms with Crippen LogP contribution >= 0.6 is 0 Å². The summed E-state index contributed by atoms with van der Waals surface area (Å²) in [6, 6.07) is 23.3. The van der Waals surface area contributed by atoms with Crippen LogP contribution in [0, 0.1) is 5.92 Å². The average molecular weight is 425 g/mol. The van der Waals surface area contributed by atoms with E-state index in [4.69, 9.17) is 15.0 Å². The monoisotopic (exact) mass is 424 g/mol. The Labute approximate surface area is 191 Å². The van der Waals surface area contributed by atoms with Gasteiger partial charge in [-0.15, -0.1) is 0 Å². The molecule has 2 aromatic carbocycles. The quantitative estimate of drug-likeness (QED) is 0.421. The largest absolute Gasteiger partial charge is 0.323 e. The molecule has 0 N–H and O–H groups in total. The van der Waals surface area contributed by atoms with Gasteiger partial charge in [0.1, 0.15) is 5.69 Å². The lowest BCUT2D eigenvalue weighted by Gasteiger charge is -2.21. The molecular weight excluding hydrogens is 392 g/mol. The standard InChI is InChI=1S/C28H32N4/c1-5-21-12-10-13-22(6-2)27(21)29-18-23-14-11-17-25(30-23)28-31-26(20(3)4)19-32(28)24-15-8-7-9-16-24/h7-18,20,26H,5-6,19H2,1-4H3/t26-/m1/s1. The molecule has 0 bridgehead atoms. The molecule has 0 spiro atoms. The molecule has 4 rings (SSSR count). The van der Waals surface area contributed by atoms with Crippen LogP contribution in [0.3, 0.4) is 0 Å². The fourth-order valence-electron chi connectivity index (χ4n) is 4.10. The number of aliphatic imine (C=N–C) groups is 2. The molecule has 0 fully saturated rings. The van der Waals surface area contributed by atoms with Crippen molar-refractivity contribution >= 4 is 23.4 Å². The summed E-state index contributed by atoms with van der Waals surface area (Å²) in [7, 11) is 0. The fraction of sp³-hybridized carbons (Fsp3) is 0.321. The number of amidine groups is 1. The Morgan fingerprint density at radius 1 is 0.938 bits per heavy atom. The van der Waals surface area contributed by atoms with Crippen molar-refractivity contribution in [3.63, 3.8) is 0 Å². The molecule has 0 radical (unpaired) electrons. The number of pyridine rings is 1. The topological polar surface area (TPSA) is 40.9 Å². The third-order valence-corrected chi connectivity index (χ3v) is 6.04. The Morgan fingerprint density at radius 2 is 1.62 bits per heavy atom. The van der Waals surface area contributed by atoms with E-state index in [0.717, 1.165) is 48.0 Å². The van der Waals surface area contributed by atoms with Crippen molar-refractivity contribution in [3.8, 4) is 0 Å². The summed E-state index contributed by atoms with van der Waals surface area (Å²) in [5.41, 5.74) is 6.51. The summed E-state index contributed by atoms with van der Waals surface area (Å²) in [6.07, 6.45) is 3.82. The number of rotatable bonds is 7. The number of nitrogens with zero attached hydrogens (tertiary/aromatic N) is 4. The molecule has 2 heterocycles. The second-order valence-electron chi connectivity index (χ2n) is 8.55. The fourth-order valence-corrected chi connectivity index (χ4v) is 4.10. The van der Waals surface area contributed by atoms with Gasteiger partial charge < -0.3 is 4.90 Å². The molecule has 164 valence electrons. The van der Waals surface area contributed by atoms with Crippen molar-refractivity contribution in [2.75, 3.05) is 11.4 Å². The molecular formula is C28H32N4. The summed E-state index contributed by atoms with van der Waals surface area (Å²) in [4.78, 5) is 17.1. The molecule has 4 nitrogen and oxygen atoms in total. The predicted octanol–water partition coefficient (Wildman–Crippen LogP) is 6.25. The zero-order valence-electron chi connectivity index (χ0n) is 19.5. The lowest BCUT2D eigenvalue weighted by atomic mass is 10.0. The smallest absolute Gasteiger partial charge is 0.154 e. The highest BCUT2D eigenvalue weighted by molar-refractivity contribution is 6.10. The maximum atomic E-state index is 5.07. The molecule has 0 saturated heterocycles. The van der Waals surface area contributed by atoms with Gasteiger partial charge in [0, 0.05) is 12.2 Å². The van der Waals surface area contributed by atoms with Gasteiger partial charge in [-0.1, -0.05) is 70.2 Å². The van der Waals surface area contributed by atoms with E-state index >= 15 is 0 Å². The highest BCUT2D eigenvalue weighted by Gasteiger charge is 2.29. The predicted molar refractivity (Wildman–Crippen MR) is 136 cm³/mol. The first-order valence-electron chi connectivity index (χ1n) is 11.6. The van der Waals surface area contributed by atoms with E-state index in [1.807, 2.05) is 30.5 Å². The van der Waals surface area contributed by atoms with Crippen molar-refractivity contribution in [1.29, 1.82) is 0 Å². The number of benzene rings is 2. The normalized spacial score (nSPS) is 16.2.